The average Bonchev–Trinajstić information content (AvgIpc) is 2.17. The second kappa shape index (κ2) is 4.55. The first-order valence-electron chi connectivity index (χ1n) is 3.83. The van der Waals surface area contributed by atoms with E-state index in [-0.39, 0.29) is 35.3 Å². The first-order valence-corrected chi connectivity index (χ1v) is 3.83. The Labute approximate surface area is 103 Å². The monoisotopic (exact) mass is 195 g/mol. The van der Waals surface area contributed by atoms with Gasteiger partial charge in [-0.25, -0.2) is 0 Å². The fourth-order valence-electron chi connectivity index (χ4n) is 1.20. The summed E-state index contributed by atoms with van der Waals surface area (Å²) in [5.74, 6) is -1.24. The Balaban J connectivity index is 0.000000980. The molecule has 0 fully saturated rings. The van der Waals surface area contributed by atoms with Gasteiger partial charge in [0.25, 0.3) is 0 Å². The fraction of sp³-hybridized carbons (Fsp3) is 0. The molecule has 0 aliphatic rings. The largest absolute Gasteiger partial charge is 1.00 e. The van der Waals surface area contributed by atoms with Gasteiger partial charge in [0, 0.05) is 11.6 Å². The number of carbonyl (C=O) groups is 1. The predicted molar refractivity (Wildman–Crippen MR) is 46.1 cm³/mol. The molecule has 0 unspecified atom stereocenters. The summed E-state index contributed by atoms with van der Waals surface area (Å²) in [5.41, 5.74) is -0.0290. The van der Waals surface area contributed by atoms with E-state index >= 15 is 0 Å². The van der Waals surface area contributed by atoms with Gasteiger partial charge in [0.05, 0.1) is 11.7 Å². The van der Waals surface area contributed by atoms with Crippen molar-refractivity contribution in [1.82, 2.24) is 4.98 Å². The minimum atomic E-state index is -1.24. The van der Waals surface area contributed by atoms with Crippen molar-refractivity contribution in [3.63, 3.8) is 0 Å². The Bertz CT molecular complexity index is 470. The summed E-state index contributed by atoms with van der Waals surface area (Å²) in [6.07, 6.45) is 1.53. The second-order valence-electron chi connectivity index (χ2n) is 2.70. The van der Waals surface area contributed by atoms with Crippen molar-refractivity contribution in [1.29, 1.82) is 0 Å². The van der Waals surface area contributed by atoms with Crippen molar-refractivity contribution in [2.24, 2.45) is 0 Å². The molecule has 0 saturated heterocycles. The molecule has 0 radical (unpaired) electrons. The molecule has 0 N–H and O–H groups in total. The Morgan fingerprint density at radius 2 is 1.86 bits per heavy atom. The van der Waals surface area contributed by atoms with Crippen LogP contribution >= 0.6 is 0 Å². The molecule has 0 bridgehead atoms. The van der Waals surface area contributed by atoms with Crippen LogP contribution in [0.4, 0.5) is 0 Å². The van der Waals surface area contributed by atoms with Crippen molar-refractivity contribution in [2.45, 2.75) is 0 Å². The quantitative estimate of drug-likeness (QED) is 0.477. The third kappa shape index (κ3) is 2.12. The molecule has 0 atom stereocenters. The number of nitrogens with zero attached hydrogens (tertiary/aromatic N) is 1. The fourth-order valence-corrected chi connectivity index (χ4v) is 1.20. The van der Waals surface area contributed by atoms with Crippen LogP contribution in [0.2, 0.25) is 0 Å². The third-order valence-electron chi connectivity index (χ3n) is 1.84. The van der Waals surface area contributed by atoms with Crippen molar-refractivity contribution in [3.05, 3.63) is 42.2 Å². The van der Waals surface area contributed by atoms with E-state index in [4.69, 9.17) is 0 Å². The van der Waals surface area contributed by atoms with Crippen LogP contribution in [-0.4, -0.2) is 11.0 Å². The smallest absolute Gasteiger partial charge is 0.543 e. The molecule has 0 spiro atoms. The van der Waals surface area contributed by atoms with Crippen LogP contribution in [0, 0.1) is 0 Å². The maximum absolute atomic E-state index is 10.5. The van der Waals surface area contributed by atoms with Crippen molar-refractivity contribution < 1.29 is 39.5 Å². The molecule has 0 aliphatic heterocycles. The zero-order valence-corrected chi connectivity index (χ0v) is 9.73. The van der Waals surface area contributed by atoms with E-state index in [2.05, 4.69) is 4.98 Å². The number of fused-ring (bicyclic) bond motifs is 1. The van der Waals surface area contributed by atoms with Crippen LogP contribution in [0.5, 0.6) is 0 Å². The summed E-state index contributed by atoms with van der Waals surface area (Å²) in [6.45, 7) is 0. The van der Waals surface area contributed by atoms with Gasteiger partial charge in [0.2, 0.25) is 0 Å². The third-order valence-corrected chi connectivity index (χ3v) is 1.84. The molecular weight excluding hydrogens is 189 g/mol. The van der Waals surface area contributed by atoms with Crippen molar-refractivity contribution in [2.75, 3.05) is 0 Å². The van der Waals surface area contributed by atoms with Gasteiger partial charge >= 0.3 is 29.6 Å². The number of hydrogen-bond donors (Lipinski definition) is 0. The summed E-state index contributed by atoms with van der Waals surface area (Å²) in [4.78, 5) is 14.2. The molecule has 1 heterocycles. The number of aromatic carboxylic acids is 1. The van der Waals surface area contributed by atoms with Crippen LogP contribution in [0.25, 0.3) is 10.8 Å². The Hall–Kier alpha value is -0.900. The minimum absolute atomic E-state index is 0. The number of benzene rings is 1. The maximum Gasteiger partial charge on any atom is 1.00 e. The average molecular weight is 195 g/mol. The summed E-state index contributed by atoms with van der Waals surface area (Å²) in [5, 5.41) is 12.3. The zero-order chi connectivity index (χ0) is 9.26. The zero-order valence-electron chi connectivity index (χ0n) is 7.73. The van der Waals surface area contributed by atoms with Crippen molar-refractivity contribution >= 4 is 16.7 Å². The van der Waals surface area contributed by atoms with Gasteiger partial charge in [-0.1, -0.05) is 24.3 Å². The SMILES string of the molecule is O=C([O-])c1cc2ccccc2cn1.[Na+]. The topological polar surface area (TPSA) is 53.0 Å². The van der Waals surface area contributed by atoms with Gasteiger partial charge in [-0.15, -0.1) is 0 Å². The first kappa shape index (κ1) is 11.2. The predicted octanol–water partition coefficient (Wildman–Crippen LogP) is -2.40. The van der Waals surface area contributed by atoms with Gasteiger partial charge in [-0.3, -0.25) is 4.98 Å². The van der Waals surface area contributed by atoms with Gasteiger partial charge < -0.3 is 9.90 Å². The van der Waals surface area contributed by atoms with Crippen LogP contribution in [0.3, 0.4) is 0 Å². The molecule has 0 aliphatic carbocycles. The number of carboxylic acids is 1. The van der Waals surface area contributed by atoms with Crippen LogP contribution in [-0.2, 0) is 0 Å². The molecule has 2 aromatic rings. The molecule has 3 nitrogen and oxygen atoms in total. The van der Waals surface area contributed by atoms with E-state index in [1.807, 2.05) is 24.3 Å². The van der Waals surface area contributed by atoms with Crippen LogP contribution in [0.15, 0.2) is 36.5 Å². The summed E-state index contributed by atoms with van der Waals surface area (Å²) in [6, 6.07) is 8.94. The first-order chi connectivity index (χ1) is 6.27. The normalized spacial score (nSPS) is 9.43. The number of aromatic nitrogens is 1. The molecular formula is C10H6NNaO2. The Morgan fingerprint density at radius 3 is 2.50 bits per heavy atom. The molecule has 14 heavy (non-hydrogen) atoms. The summed E-state index contributed by atoms with van der Waals surface area (Å²) >= 11 is 0. The number of carboxylic acid groups (broad SMARTS) is 1. The Kier molecular flexibility index (Phi) is 3.63. The molecule has 2 rings (SSSR count). The van der Waals surface area contributed by atoms with Crippen LogP contribution < -0.4 is 34.7 Å². The standard InChI is InChI=1S/C10H7NO2.Na/c12-10(13)9-5-7-3-1-2-4-8(7)6-11-9;/h1-6H,(H,12,13);/q;+1/p-1. The molecule has 4 heteroatoms. The van der Waals surface area contributed by atoms with Gasteiger partial charge in [0.15, 0.2) is 0 Å². The maximum atomic E-state index is 10.5. The van der Waals surface area contributed by atoms with E-state index in [1.165, 1.54) is 12.3 Å². The number of pyridine rings is 1. The van der Waals surface area contributed by atoms with Gasteiger partial charge in [-0.2, -0.15) is 0 Å². The van der Waals surface area contributed by atoms with E-state index in [0.717, 1.165) is 10.8 Å². The van der Waals surface area contributed by atoms with Crippen LogP contribution in [0.1, 0.15) is 10.5 Å². The van der Waals surface area contributed by atoms with E-state index in [1.54, 1.807) is 0 Å². The van der Waals surface area contributed by atoms with Crippen molar-refractivity contribution in [3.8, 4) is 0 Å². The number of rotatable bonds is 1. The molecule has 0 amide bonds. The van der Waals surface area contributed by atoms with E-state index < -0.39 is 5.97 Å². The second-order valence-corrected chi connectivity index (χ2v) is 2.70. The summed E-state index contributed by atoms with van der Waals surface area (Å²) in [7, 11) is 0. The summed E-state index contributed by atoms with van der Waals surface area (Å²) < 4.78 is 0. The van der Waals surface area contributed by atoms with E-state index in [0.29, 0.717) is 0 Å². The Morgan fingerprint density at radius 1 is 1.21 bits per heavy atom. The van der Waals surface area contributed by atoms with E-state index in [9.17, 15) is 9.90 Å². The number of hydrogen-bond acceptors (Lipinski definition) is 3. The number of carbonyl (C=O) groups excluding carboxylic acids is 1. The molecule has 1 aromatic carbocycles. The molecule has 64 valence electrons. The molecule has 0 saturated carbocycles. The molecule has 1 aromatic heterocycles. The minimum Gasteiger partial charge on any atom is -0.543 e. The van der Waals surface area contributed by atoms with Gasteiger partial charge in [-0.05, 0) is 11.5 Å². The van der Waals surface area contributed by atoms with Gasteiger partial charge in [0.1, 0.15) is 0 Å².